The van der Waals surface area contributed by atoms with Crippen molar-refractivity contribution in [2.75, 3.05) is 11.4 Å². The summed E-state index contributed by atoms with van der Waals surface area (Å²) >= 11 is 0. The summed E-state index contributed by atoms with van der Waals surface area (Å²) in [6, 6.07) is 14.5. The molecule has 3 rings (SSSR count). The molecule has 0 fully saturated rings. The first-order chi connectivity index (χ1) is 11.4. The third kappa shape index (κ3) is 3.07. The first-order valence-electron chi connectivity index (χ1n) is 7.85. The number of hydrogen-bond donors (Lipinski definition) is 1. The molecule has 24 heavy (non-hydrogen) atoms. The van der Waals surface area contributed by atoms with E-state index in [9.17, 15) is 13.2 Å². The topological polar surface area (TPSA) is 66.5 Å². The first-order valence-corrected chi connectivity index (χ1v) is 9.34. The molecule has 1 aliphatic heterocycles. The van der Waals surface area contributed by atoms with Crippen molar-refractivity contribution in [2.45, 2.75) is 31.2 Å². The van der Waals surface area contributed by atoms with E-state index in [-0.39, 0.29) is 23.4 Å². The van der Waals surface area contributed by atoms with Gasteiger partial charge < -0.3 is 4.90 Å². The van der Waals surface area contributed by atoms with Gasteiger partial charge in [-0.3, -0.25) is 4.79 Å². The summed E-state index contributed by atoms with van der Waals surface area (Å²) in [5, 5.41) is 0. The van der Waals surface area contributed by atoms with Gasteiger partial charge >= 0.3 is 0 Å². The maximum Gasteiger partial charge on any atom is 0.242 e. The van der Waals surface area contributed by atoms with Crippen molar-refractivity contribution in [3.8, 4) is 0 Å². The summed E-state index contributed by atoms with van der Waals surface area (Å²) in [5.74, 6) is -0.246. The van der Waals surface area contributed by atoms with Gasteiger partial charge in [0.2, 0.25) is 15.9 Å². The zero-order chi connectivity index (χ0) is 17.3. The zero-order valence-electron chi connectivity index (χ0n) is 13.7. The van der Waals surface area contributed by atoms with E-state index >= 15 is 0 Å². The fourth-order valence-corrected chi connectivity index (χ4v) is 4.34. The van der Waals surface area contributed by atoms with Crippen molar-refractivity contribution in [1.29, 1.82) is 0 Å². The van der Waals surface area contributed by atoms with E-state index in [1.54, 1.807) is 30.0 Å². The van der Waals surface area contributed by atoms with Crippen molar-refractivity contribution in [1.82, 2.24) is 4.72 Å². The van der Waals surface area contributed by atoms with E-state index in [2.05, 4.69) is 4.72 Å². The van der Waals surface area contributed by atoms with Gasteiger partial charge in [0, 0.05) is 11.7 Å². The molecule has 0 aliphatic carbocycles. The maximum atomic E-state index is 12.6. The maximum absolute atomic E-state index is 12.6. The normalized spacial score (nSPS) is 16.9. The number of para-hydroxylation sites is 1. The number of carbonyl (C=O) groups is 1. The standard InChI is InChI=1S/C18H20N2O3S/c1-13-7-3-6-10-17(13)24(22,23)19-12-18(21)20-14(2)11-15-8-4-5-9-16(15)20/h3-10,14,19H,11-12H2,1-2H3. The van der Waals surface area contributed by atoms with Crippen molar-refractivity contribution in [3.63, 3.8) is 0 Å². The number of carbonyl (C=O) groups excluding carboxylic acids is 1. The lowest BCUT2D eigenvalue weighted by Gasteiger charge is -2.23. The Morgan fingerprint density at radius 1 is 1.17 bits per heavy atom. The number of hydrogen-bond acceptors (Lipinski definition) is 3. The molecule has 1 aliphatic rings. The average molecular weight is 344 g/mol. The Labute approximate surface area is 142 Å². The molecule has 126 valence electrons. The molecule has 0 aromatic heterocycles. The molecule has 1 heterocycles. The van der Waals surface area contributed by atoms with Gasteiger partial charge in [0.1, 0.15) is 0 Å². The molecular weight excluding hydrogens is 324 g/mol. The molecule has 1 atom stereocenters. The fraction of sp³-hybridized carbons (Fsp3) is 0.278. The Balaban J connectivity index is 1.76. The average Bonchev–Trinajstić information content (AvgIpc) is 2.89. The van der Waals surface area contributed by atoms with Crippen molar-refractivity contribution in [2.24, 2.45) is 0 Å². The SMILES string of the molecule is Cc1ccccc1S(=O)(=O)NCC(=O)N1c2ccccc2CC1C. The lowest BCUT2D eigenvalue weighted by molar-refractivity contribution is -0.117. The Bertz CT molecular complexity index is 877. The van der Waals surface area contributed by atoms with Gasteiger partial charge in [0.05, 0.1) is 11.4 Å². The predicted octanol–water partition coefficient (Wildman–Crippen LogP) is 2.25. The highest BCUT2D eigenvalue weighted by Crippen LogP contribution is 2.31. The second kappa shape index (κ2) is 6.37. The Hall–Kier alpha value is -2.18. The van der Waals surface area contributed by atoms with E-state index in [0.717, 1.165) is 17.7 Å². The minimum atomic E-state index is -3.71. The monoisotopic (exact) mass is 344 g/mol. The van der Waals surface area contributed by atoms with Crippen LogP contribution in [0.15, 0.2) is 53.4 Å². The molecule has 0 saturated carbocycles. The third-order valence-electron chi connectivity index (χ3n) is 4.27. The number of nitrogens with one attached hydrogen (secondary N) is 1. The molecule has 0 radical (unpaired) electrons. The predicted molar refractivity (Wildman–Crippen MR) is 93.5 cm³/mol. The largest absolute Gasteiger partial charge is 0.308 e. The summed E-state index contributed by atoms with van der Waals surface area (Å²) in [6.45, 7) is 3.44. The Kier molecular flexibility index (Phi) is 4.43. The van der Waals surface area contributed by atoms with Gasteiger partial charge in [0.15, 0.2) is 0 Å². The third-order valence-corrected chi connectivity index (χ3v) is 5.83. The first kappa shape index (κ1) is 16.7. The minimum absolute atomic E-state index is 0.0258. The quantitative estimate of drug-likeness (QED) is 0.925. The van der Waals surface area contributed by atoms with Gasteiger partial charge in [0.25, 0.3) is 0 Å². The Morgan fingerprint density at radius 3 is 2.58 bits per heavy atom. The number of rotatable bonds is 4. The van der Waals surface area contributed by atoms with Gasteiger partial charge in [-0.2, -0.15) is 0 Å². The number of aryl methyl sites for hydroxylation is 1. The van der Waals surface area contributed by atoms with Gasteiger partial charge in [-0.15, -0.1) is 0 Å². The second-order valence-electron chi connectivity index (χ2n) is 6.04. The molecule has 0 bridgehead atoms. The van der Waals surface area contributed by atoms with Crippen LogP contribution in [0.3, 0.4) is 0 Å². The highest BCUT2D eigenvalue weighted by Gasteiger charge is 2.31. The van der Waals surface area contributed by atoms with Crippen LogP contribution in [0.25, 0.3) is 0 Å². The van der Waals surface area contributed by atoms with Gasteiger partial charge in [-0.05, 0) is 43.5 Å². The minimum Gasteiger partial charge on any atom is -0.308 e. The van der Waals surface area contributed by atoms with Crippen LogP contribution in [-0.4, -0.2) is 26.9 Å². The molecule has 1 unspecified atom stereocenters. The lowest BCUT2D eigenvalue weighted by atomic mass is 10.1. The van der Waals surface area contributed by atoms with Crippen LogP contribution in [-0.2, 0) is 21.2 Å². The summed E-state index contributed by atoms with van der Waals surface area (Å²) in [6.07, 6.45) is 0.784. The molecular formula is C18H20N2O3S. The number of sulfonamides is 1. The van der Waals surface area contributed by atoms with Crippen molar-refractivity contribution in [3.05, 3.63) is 59.7 Å². The van der Waals surface area contributed by atoms with E-state index in [1.807, 2.05) is 31.2 Å². The number of fused-ring (bicyclic) bond motifs is 1. The van der Waals surface area contributed by atoms with Crippen LogP contribution in [0.2, 0.25) is 0 Å². The summed E-state index contributed by atoms with van der Waals surface area (Å²) in [7, 11) is -3.71. The van der Waals surface area contributed by atoms with E-state index in [0.29, 0.717) is 5.56 Å². The summed E-state index contributed by atoms with van der Waals surface area (Å²) < 4.78 is 27.3. The summed E-state index contributed by atoms with van der Waals surface area (Å²) in [5.41, 5.74) is 2.63. The highest BCUT2D eigenvalue weighted by molar-refractivity contribution is 7.89. The van der Waals surface area contributed by atoms with Crippen LogP contribution < -0.4 is 9.62 Å². The highest BCUT2D eigenvalue weighted by atomic mass is 32.2. The second-order valence-corrected chi connectivity index (χ2v) is 7.77. The van der Waals surface area contributed by atoms with Crippen molar-refractivity contribution < 1.29 is 13.2 Å². The smallest absolute Gasteiger partial charge is 0.242 e. The molecule has 0 saturated heterocycles. The van der Waals surface area contributed by atoms with E-state index in [1.165, 1.54) is 6.07 Å². The molecule has 1 N–H and O–H groups in total. The lowest BCUT2D eigenvalue weighted by Crippen LogP contribution is -2.43. The molecule has 2 aromatic rings. The number of amides is 1. The van der Waals surface area contributed by atoms with Gasteiger partial charge in [-0.1, -0.05) is 36.4 Å². The number of anilines is 1. The van der Waals surface area contributed by atoms with Crippen LogP contribution in [0.4, 0.5) is 5.69 Å². The molecule has 0 spiro atoms. The summed E-state index contributed by atoms with van der Waals surface area (Å²) in [4.78, 5) is 14.5. The van der Waals surface area contributed by atoms with E-state index in [4.69, 9.17) is 0 Å². The molecule has 6 heteroatoms. The molecule has 5 nitrogen and oxygen atoms in total. The molecule has 1 amide bonds. The molecule has 2 aromatic carbocycles. The van der Waals surface area contributed by atoms with Crippen molar-refractivity contribution >= 4 is 21.6 Å². The van der Waals surface area contributed by atoms with Crippen LogP contribution >= 0.6 is 0 Å². The fourth-order valence-electron chi connectivity index (χ4n) is 3.12. The van der Waals surface area contributed by atoms with Crippen LogP contribution in [0.1, 0.15) is 18.1 Å². The zero-order valence-corrected chi connectivity index (χ0v) is 14.5. The van der Waals surface area contributed by atoms with E-state index < -0.39 is 10.0 Å². The van der Waals surface area contributed by atoms with Crippen LogP contribution in [0, 0.1) is 6.92 Å². The Morgan fingerprint density at radius 2 is 1.83 bits per heavy atom. The van der Waals surface area contributed by atoms with Gasteiger partial charge in [-0.25, -0.2) is 13.1 Å². The van der Waals surface area contributed by atoms with Crippen LogP contribution in [0.5, 0.6) is 0 Å². The number of nitrogens with zero attached hydrogens (tertiary/aromatic N) is 1. The number of benzene rings is 2.